The Morgan fingerprint density at radius 3 is 2.47 bits per heavy atom. The smallest absolute Gasteiger partial charge is 0.294 e. The van der Waals surface area contributed by atoms with Crippen molar-refractivity contribution in [2.24, 2.45) is 5.14 Å². The molecule has 8 heteroatoms. The maximum Gasteiger partial charge on any atom is 0.294 e. The van der Waals surface area contributed by atoms with Crippen LogP contribution in [-0.4, -0.2) is 20.0 Å². The van der Waals surface area contributed by atoms with Crippen molar-refractivity contribution >= 4 is 33.4 Å². The fourth-order valence-electron chi connectivity index (χ4n) is 3.09. The van der Waals surface area contributed by atoms with Crippen molar-refractivity contribution in [3.63, 3.8) is 0 Å². The van der Waals surface area contributed by atoms with Crippen molar-refractivity contribution in [2.45, 2.75) is 10.6 Å². The Bertz CT molecular complexity index is 1230. The van der Waals surface area contributed by atoms with Crippen LogP contribution >= 0.6 is 0 Å². The fourth-order valence-corrected chi connectivity index (χ4v) is 3.65. The van der Waals surface area contributed by atoms with Gasteiger partial charge in [0.1, 0.15) is 5.75 Å². The Hall–Kier alpha value is -3.62. The van der Waals surface area contributed by atoms with E-state index in [1.54, 1.807) is 42.5 Å². The highest BCUT2D eigenvalue weighted by Gasteiger charge is 2.41. The molecule has 30 heavy (non-hydrogen) atoms. The van der Waals surface area contributed by atoms with Crippen LogP contribution in [0.1, 0.15) is 5.56 Å². The first kappa shape index (κ1) is 19.7. The molecule has 7 nitrogen and oxygen atoms in total. The molecule has 3 aromatic carbocycles. The lowest BCUT2D eigenvalue weighted by molar-refractivity contribution is -0.125. The van der Waals surface area contributed by atoms with Crippen molar-refractivity contribution < 1.29 is 17.9 Å². The van der Waals surface area contributed by atoms with E-state index < -0.39 is 21.7 Å². The number of carbonyl (C=O) groups excluding carboxylic acids is 1. The molecule has 1 heterocycles. The molecule has 0 bridgehead atoms. The molecule has 4 N–H and O–H groups in total. The topological polar surface area (TPSA) is 111 Å². The zero-order valence-corrected chi connectivity index (χ0v) is 16.6. The minimum absolute atomic E-state index is 0.101. The molecule has 3 aromatic rings. The molecule has 0 spiro atoms. The maximum atomic E-state index is 13.3. The van der Waals surface area contributed by atoms with E-state index in [0.29, 0.717) is 5.75 Å². The standard InChI is InChI=1S/C22H19N3O4S/c23-30(27,28)19-11-6-8-17(15-19)24-21(26)22(29-18-9-2-1-3-10-18)14-13-16-7-4-5-12-20(16)25-22/h1-15,25H,(H,24,26)(H2,23,27,28). The van der Waals surface area contributed by atoms with E-state index in [4.69, 9.17) is 9.88 Å². The molecule has 0 fully saturated rings. The van der Waals surface area contributed by atoms with Gasteiger partial charge in [0, 0.05) is 11.4 Å². The third kappa shape index (κ3) is 4.05. The third-order valence-electron chi connectivity index (χ3n) is 4.56. The predicted octanol–water partition coefficient (Wildman–Crippen LogP) is 3.19. The van der Waals surface area contributed by atoms with Gasteiger partial charge in [-0.25, -0.2) is 13.6 Å². The number of ether oxygens (including phenoxy) is 1. The number of carbonyl (C=O) groups is 1. The first-order chi connectivity index (χ1) is 14.4. The van der Waals surface area contributed by atoms with Crippen LogP contribution in [-0.2, 0) is 14.8 Å². The lowest BCUT2D eigenvalue weighted by atomic mass is 10.0. The Morgan fingerprint density at radius 2 is 1.70 bits per heavy atom. The zero-order chi connectivity index (χ0) is 21.2. The predicted molar refractivity (Wildman–Crippen MR) is 115 cm³/mol. The highest BCUT2D eigenvalue weighted by molar-refractivity contribution is 7.89. The Morgan fingerprint density at radius 1 is 0.967 bits per heavy atom. The monoisotopic (exact) mass is 421 g/mol. The van der Waals surface area contributed by atoms with Crippen molar-refractivity contribution in [3.8, 4) is 5.75 Å². The number of benzene rings is 3. The number of hydrogen-bond donors (Lipinski definition) is 3. The van der Waals surface area contributed by atoms with Crippen LogP contribution in [0.15, 0.2) is 89.8 Å². The Balaban J connectivity index is 1.69. The van der Waals surface area contributed by atoms with E-state index >= 15 is 0 Å². The van der Waals surface area contributed by atoms with Crippen LogP contribution in [0.3, 0.4) is 0 Å². The largest absolute Gasteiger partial charge is 0.455 e. The van der Waals surface area contributed by atoms with E-state index in [0.717, 1.165) is 11.3 Å². The van der Waals surface area contributed by atoms with E-state index in [1.807, 2.05) is 30.3 Å². The van der Waals surface area contributed by atoms with E-state index in [2.05, 4.69) is 10.6 Å². The normalized spacial score (nSPS) is 17.5. The third-order valence-corrected chi connectivity index (χ3v) is 5.47. The summed E-state index contributed by atoms with van der Waals surface area (Å²) in [6.07, 6.45) is 3.43. The number of rotatable bonds is 5. The Labute approximate surface area is 174 Å². The van der Waals surface area contributed by atoms with E-state index in [-0.39, 0.29) is 10.6 Å². The fraction of sp³-hybridized carbons (Fsp3) is 0.0455. The van der Waals surface area contributed by atoms with Gasteiger partial charge in [-0.15, -0.1) is 0 Å². The molecular weight excluding hydrogens is 402 g/mol. The van der Waals surface area contributed by atoms with Gasteiger partial charge < -0.3 is 15.4 Å². The summed E-state index contributed by atoms with van der Waals surface area (Å²) in [4.78, 5) is 13.2. The number of fused-ring (bicyclic) bond motifs is 1. The second-order valence-corrected chi connectivity index (χ2v) is 8.28. The van der Waals surface area contributed by atoms with E-state index in [1.165, 1.54) is 18.2 Å². The van der Waals surface area contributed by atoms with Gasteiger partial charge in [0.25, 0.3) is 11.6 Å². The lowest BCUT2D eigenvalue weighted by Gasteiger charge is -2.35. The second kappa shape index (κ2) is 7.66. The highest BCUT2D eigenvalue weighted by Crippen LogP contribution is 2.31. The molecule has 1 aliphatic rings. The van der Waals surface area contributed by atoms with Crippen LogP contribution in [0.25, 0.3) is 6.08 Å². The minimum atomic E-state index is -3.90. The summed E-state index contributed by atoms with van der Waals surface area (Å²) in [6, 6.07) is 22.2. The van der Waals surface area contributed by atoms with Crippen LogP contribution in [0.4, 0.5) is 11.4 Å². The van der Waals surface area contributed by atoms with Crippen LogP contribution in [0.2, 0.25) is 0 Å². The van der Waals surface area contributed by atoms with E-state index in [9.17, 15) is 13.2 Å². The number of primary sulfonamides is 1. The number of sulfonamides is 1. The summed E-state index contributed by atoms with van der Waals surface area (Å²) in [5.41, 5.74) is 0.364. The molecule has 4 rings (SSSR count). The number of hydrogen-bond acceptors (Lipinski definition) is 5. The molecule has 0 saturated carbocycles. The summed E-state index contributed by atoms with van der Waals surface area (Å²) >= 11 is 0. The maximum absolute atomic E-state index is 13.3. The molecule has 1 unspecified atom stereocenters. The first-order valence-corrected chi connectivity index (χ1v) is 10.7. The van der Waals surface area contributed by atoms with Crippen LogP contribution in [0, 0.1) is 0 Å². The summed E-state index contributed by atoms with van der Waals surface area (Å²) in [7, 11) is -3.90. The minimum Gasteiger partial charge on any atom is -0.455 e. The highest BCUT2D eigenvalue weighted by atomic mass is 32.2. The molecule has 0 radical (unpaired) electrons. The molecule has 1 amide bonds. The SMILES string of the molecule is NS(=O)(=O)c1cccc(NC(=O)C2(Oc3ccccc3)C=Cc3ccccc3N2)c1. The Kier molecular flexibility index (Phi) is 5.03. The summed E-state index contributed by atoms with van der Waals surface area (Å²) in [5, 5.41) is 11.1. The zero-order valence-electron chi connectivity index (χ0n) is 15.8. The number of amides is 1. The molecule has 152 valence electrons. The average Bonchev–Trinajstić information content (AvgIpc) is 2.74. The molecule has 0 saturated heterocycles. The first-order valence-electron chi connectivity index (χ1n) is 9.11. The van der Waals surface area contributed by atoms with Crippen molar-refractivity contribution in [3.05, 3.63) is 90.5 Å². The molecule has 0 aliphatic carbocycles. The van der Waals surface area contributed by atoms with Gasteiger partial charge in [-0.1, -0.05) is 48.5 Å². The van der Waals surface area contributed by atoms with Gasteiger partial charge in [0.15, 0.2) is 0 Å². The average molecular weight is 421 g/mol. The lowest BCUT2D eigenvalue weighted by Crippen LogP contribution is -2.54. The summed E-state index contributed by atoms with van der Waals surface area (Å²) in [5.74, 6) is -0.0360. The van der Waals surface area contributed by atoms with Gasteiger partial charge in [-0.2, -0.15) is 0 Å². The number of para-hydroxylation sites is 2. The number of nitrogens with one attached hydrogen (secondary N) is 2. The van der Waals surface area contributed by atoms with Crippen LogP contribution < -0.4 is 20.5 Å². The van der Waals surface area contributed by atoms with Gasteiger partial charge in [-0.3, -0.25) is 4.79 Å². The second-order valence-electron chi connectivity index (χ2n) is 6.72. The number of nitrogens with two attached hydrogens (primary N) is 1. The summed E-state index contributed by atoms with van der Waals surface area (Å²) in [6.45, 7) is 0. The van der Waals surface area contributed by atoms with Crippen molar-refractivity contribution in [1.29, 1.82) is 0 Å². The molecule has 1 aliphatic heterocycles. The number of anilines is 2. The van der Waals surface area contributed by atoms with Crippen molar-refractivity contribution in [2.75, 3.05) is 10.6 Å². The molecule has 1 atom stereocenters. The molecule has 0 aromatic heterocycles. The van der Waals surface area contributed by atoms with Gasteiger partial charge in [-0.05, 0) is 48.0 Å². The van der Waals surface area contributed by atoms with Crippen LogP contribution in [0.5, 0.6) is 5.75 Å². The summed E-state index contributed by atoms with van der Waals surface area (Å²) < 4.78 is 29.3. The quantitative estimate of drug-likeness (QED) is 0.586. The van der Waals surface area contributed by atoms with Gasteiger partial charge >= 0.3 is 0 Å². The van der Waals surface area contributed by atoms with Gasteiger partial charge in [0.05, 0.1) is 4.90 Å². The van der Waals surface area contributed by atoms with Crippen molar-refractivity contribution in [1.82, 2.24) is 0 Å². The molecular formula is C22H19N3O4S. The van der Waals surface area contributed by atoms with Gasteiger partial charge in [0.2, 0.25) is 10.0 Å².